The molecule has 1 aromatic carbocycles. The molecule has 8 nitrogen and oxygen atoms in total. The molecule has 4 rings (SSSR count). The number of hydrogen-bond acceptors (Lipinski definition) is 6. The number of piperidine rings is 1. The maximum absolute atomic E-state index is 14.1. The van der Waals surface area contributed by atoms with Gasteiger partial charge in [-0.1, -0.05) is 11.8 Å². The minimum Gasteiger partial charge on any atom is -0.465 e. The van der Waals surface area contributed by atoms with Gasteiger partial charge >= 0.3 is 6.09 Å². The number of ether oxygens (including phenoxy) is 1. The van der Waals surface area contributed by atoms with Crippen LogP contribution in [0, 0.1) is 11.6 Å². The zero-order valence-electron chi connectivity index (χ0n) is 16.4. The van der Waals surface area contributed by atoms with E-state index in [-0.39, 0.29) is 18.0 Å². The summed E-state index contributed by atoms with van der Waals surface area (Å²) in [6.07, 6.45) is 3.39. The zero-order chi connectivity index (χ0) is 22.1. The summed E-state index contributed by atoms with van der Waals surface area (Å²) in [6.45, 7) is 0.484. The number of carboxylic acid groups (broad SMARTS) is 1. The van der Waals surface area contributed by atoms with Gasteiger partial charge in [0, 0.05) is 30.7 Å². The summed E-state index contributed by atoms with van der Waals surface area (Å²) in [5, 5.41) is 10.3. The molecule has 11 heteroatoms. The fourth-order valence-corrected chi connectivity index (χ4v) is 3.94. The van der Waals surface area contributed by atoms with E-state index in [4.69, 9.17) is 4.74 Å². The Hall–Kier alpha value is -3.21. The number of likely N-dealkylation sites (tertiary alicyclic amines) is 1. The number of thioether (sulfide) groups is 1. The average Bonchev–Trinajstić information content (AvgIpc) is 2.76. The van der Waals surface area contributed by atoms with Crippen molar-refractivity contribution >= 4 is 28.9 Å². The summed E-state index contributed by atoms with van der Waals surface area (Å²) in [4.78, 5) is 34.7. The maximum atomic E-state index is 14.1. The molecule has 0 radical (unpaired) electrons. The Morgan fingerprint density at radius 1 is 1.29 bits per heavy atom. The molecular weight excluding hydrogens is 430 g/mol. The number of rotatable bonds is 4. The van der Waals surface area contributed by atoms with Crippen LogP contribution in [0.25, 0.3) is 11.0 Å². The Morgan fingerprint density at radius 2 is 2.10 bits per heavy atom. The van der Waals surface area contributed by atoms with Gasteiger partial charge in [-0.3, -0.25) is 9.36 Å². The van der Waals surface area contributed by atoms with Gasteiger partial charge in [-0.25, -0.2) is 23.5 Å². The molecule has 1 atom stereocenters. The highest BCUT2D eigenvalue weighted by Gasteiger charge is 2.28. The molecule has 162 valence electrons. The minimum atomic E-state index is -1.07. The van der Waals surface area contributed by atoms with Crippen LogP contribution in [0.3, 0.4) is 0 Å². The van der Waals surface area contributed by atoms with Crippen LogP contribution in [0.2, 0.25) is 0 Å². The second kappa shape index (κ2) is 8.50. The third-order valence-corrected chi connectivity index (χ3v) is 5.61. The Labute approximate surface area is 179 Å². The summed E-state index contributed by atoms with van der Waals surface area (Å²) in [6, 6.07) is 3.70. The number of aromatic nitrogens is 3. The fourth-order valence-electron chi connectivity index (χ4n) is 3.61. The van der Waals surface area contributed by atoms with E-state index in [1.54, 1.807) is 6.26 Å². The van der Waals surface area contributed by atoms with Crippen LogP contribution >= 0.6 is 11.8 Å². The zero-order valence-corrected chi connectivity index (χ0v) is 17.2. The van der Waals surface area contributed by atoms with E-state index in [1.807, 2.05) is 0 Å². The summed E-state index contributed by atoms with van der Waals surface area (Å²) in [5.41, 5.74) is -0.243. The van der Waals surface area contributed by atoms with Crippen molar-refractivity contribution in [2.75, 3.05) is 19.3 Å². The molecule has 1 unspecified atom stereocenters. The molecule has 1 N–H and O–H groups in total. The highest BCUT2D eigenvalue weighted by molar-refractivity contribution is 7.98. The number of fused-ring (bicyclic) bond motifs is 1. The van der Waals surface area contributed by atoms with Gasteiger partial charge < -0.3 is 14.7 Å². The highest BCUT2D eigenvalue weighted by atomic mass is 32.2. The Kier molecular flexibility index (Phi) is 5.77. The lowest BCUT2D eigenvalue weighted by molar-refractivity contribution is 0.121. The SMILES string of the molecule is CSc1ncc2cc(Oc3ccc(F)cc3F)c(=O)n(C3CCCN(C(=O)O)C3)c2n1. The Bertz CT molecular complexity index is 1220. The van der Waals surface area contributed by atoms with Gasteiger partial charge in [0.1, 0.15) is 11.5 Å². The van der Waals surface area contributed by atoms with E-state index < -0.39 is 29.3 Å². The number of pyridine rings is 1. The van der Waals surface area contributed by atoms with Crippen molar-refractivity contribution < 1.29 is 23.4 Å². The first kappa shape index (κ1) is 21.0. The monoisotopic (exact) mass is 448 g/mol. The van der Waals surface area contributed by atoms with E-state index >= 15 is 0 Å². The quantitative estimate of drug-likeness (QED) is 0.478. The first-order chi connectivity index (χ1) is 14.9. The normalized spacial score (nSPS) is 16.5. The van der Waals surface area contributed by atoms with Crippen molar-refractivity contribution in [3.8, 4) is 11.5 Å². The summed E-state index contributed by atoms with van der Waals surface area (Å²) >= 11 is 1.30. The molecule has 31 heavy (non-hydrogen) atoms. The van der Waals surface area contributed by atoms with E-state index in [2.05, 4.69) is 9.97 Å². The third kappa shape index (κ3) is 4.18. The van der Waals surface area contributed by atoms with Gasteiger partial charge in [0.25, 0.3) is 5.56 Å². The predicted octanol–water partition coefficient (Wildman–Crippen LogP) is 3.90. The van der Waals surface area contributed by atoms with E-state index in [0.29, 0.717) is 41.6 Å². The number of halogens is 2. The molecule has 1 aliphatic rings. The number of hydrogen-bond donors (Lipinski definition) is 1. The summed E-state index contributed by atoms with van der Waals surface area (Å²) in [5.74, 6) is -2.21. The minimum absolute atomic E-state index is 0.108. The summed E-state index contributed by atoms with van der Waals surface area (Å²) in [7, 11) is 0. The van der Waals surface area contributed by atoms with E-state index in [0.717, 1.165) is 12.1 Å². The number of carbonyl (C=O) groups is 1. The third-order valence-electron chi connectivity index (χ3n) is 5.05. The Balaban J connectivity index is 1.86. The van der Waals surface area contributed by atoms with Gasteiger partial charge in [0.05, 0.1) is 6.04 Å². The number of amides is 1. The standard InChI is InChI=1S/C20H18F2N4O4S/c1-31-19-23-9-11-7-16(30-15-5-4-12(21)8-14(15)22)18(27)26(17(11)24-19)13-3-2-6-25(10-13)20(28)29/h4-5,7-9,13H,2-3,6,10H2,1H3,(H,28,29). The molecule has 3 aromatic rings. The fraction of sp³-hybridized carbons (Fsp3) is 0.300. The predicted molar refractivity (Wildman–Crippen MR) is 110 cm³/mol. The molecule has 0 saturated carbocycles. The van der Waals surface area contributed by atoms with Crippen molar-refractivity contribution in [2.24, 2.45) is 0 Å². The van der Waals surface area contributed by atoms with Crippen molar-refractivity contribution in [1.29, 1.82) is 0 Å². The lowest BCUT2D eigenvalue weighted by Gasteiger charge is -2.32. The lowest BCUT2D eigenvalue weighted by Crippen LogP contribution is -2.42. The van der Waals surface area contributed by atoms with Gasteiger partial charge in [0.2, 0.25) is 0 Å². The molecule has 1 fully saturated rings. The second-order valence-corrected chi connectivity index (χ2v) is 7.79. The van der Waals surface area contributed by atoms with Crippen molar-refractivity contribution in [3.05, 3.63) is 52.5 Å². The Morgan fingerprint density at radius 3 is 2.81 bits per heavy atom. The first-order valence-corrected chi connectivity index (χ1v) is 10.7. The lowest BCUT2D eigenvalue weighted by atomic mass is 10.1. The molecule has 3 heterocycles. The molecule has 0 bridgehead atoms. The van der Waals surface area contributed by atoms with Crippen LogP contribution in [-0.2, 0) is 0 Å². The van der Waals surface area contributed by atoms with Crippen LogP contribution in [0.1, 0.15) is 18.9 Å². The van der Waals surface area contributed by atoms with Crippen molar-refractivity contribution in [3.63, 3.8) is 0 Å². The summed E-state index contributed by atoms with van der Waals surface area (Å²) < 4.78 is 34.2. The van der Waals surface area contributed by atoms with E-state index in [9.17, 15) is 23.5 Å². The number of nitrogens with zero attached hydrogens (tertiary/aromatic N) is 4. The van der Waals surface area contributed by atoms with Gasteiger partial charge in [-0.05, 0) is 37.3 Å². The van der Waals surface area contributed by atoms with Crippen LogP contribution in [-0.4, -0.2) is 50.0 Å². The molecule has 1 aliphatic heterocycles. The average molecular weight is 448 g/mol. The van der Waals surface area contributed by atoms with Gasteiger partial charge in [-0.2, -0.15) is 0 Å². The molecule has 0 spiro atoms. The first-order valence-electron chi connectivity index (χ1n) is 9.44. The molecule has 1 saturated heterocycles. The van der Waals surface area contributed by atoms with Crippen LogP contribution in [0.15, 0.2) is 40.4 Å². The van der Waals surface area contributed by atoms with Crippen molar-refractivity contribution in [2.45, 2.75) is 24.0 Å². The molecule has 2 aromatic heterocycles. The van der Waals surface area contributed by atoms with Crippen molar-refractivity contribution in [1.82, 2.24) is 19.4 Å². The molecular formula is C20H18F2N4O4S. The van der Waals surface area contributed by atoms with Crippen LogP contribution in [0.5, 0.6) is 11.5 Å². The van der Waals surface area contributed by atoms with E-state index in [1.165, 1.54) is 33.5 Å². The largest absolute Gasteiger partial charge is 0.465 e. The molecule has 0 aliphatic carbocycles. The smallest absolute Gasteiger partial charge is 0.407 e. The topological polar surface area (TPSA) is 97.6 Å². The second-order valence-electron chi connectivity index (χ2n) is 7.02. The maximum Gasteiger partial charge on any atom is 0.407 e. The molecule has 1 amide bonds. The number of benzene rings is 1. The highest BCUT2D eigenvalue weighted by Crippen LogP contribution is 2.29. The van der Waals surface area contributed by atoms with Gasteiger partial charge in [-0.15, -0.1) is 0 Å². The van der Waals surface area contributed by atoms with Crippen LogP contribution < -0.4 is 10.3 Å². The van der Waals surface area contributed by atoms with Crippen LogP contribution in [0.4, 0.5) is 13.6 Å². The van der Waals surface area contributed by atoms with Gasteiger partial charge in [0.15, 0.2) is 22.5 Å².